The van der Waals surface area contributed by atoms with Crippen LogP contribution in [0.1, 0.15) is 100 Å². The molecule has 0 nitrogen and oxygen atoms in total. The predicted molar refractivity (Wildman–Crippen MR) is 110 cm³/mol. The lowest BCUT2D eigenvalue weighted by Gasteiger charge is -2.14. The van der Waals surface area contributed by atoms with Crippen molar-refractivity contribution < 1.29 is 0 Å². The smallest absolute Gasteiger partial charge is 0.0476 e. The molecule has 0 aromatic heterocycles. The van der Waals surface area contributed by atoms with Gasteiger partial charge in [0, 0.05) is 11.8 Å². The Labute approximate surface area is 160 Å². The van der Waals surface area contributed by atoms with E-state index in [1.54, 1.807) is 0 Å². The zero-order valence-electron chi connectivity index (χ0n) is 15.8. The van der Waals surface area contributed by atoms with Crippen LogP contribution >= 0.6 is 23.2 Å². The van der Waals surface area contributed by atoms with Gasteiger partial charge in [0.05, 0.1) is 0 Å². The van der Waals surface area contributed by atoms with Crippen LogP contribution in [0.25, 0.3) is 0 Å². The second kappa shape index (κ2) is 14.0. The summed E-state index contributed by atoms with van der Waals surface area (Å²) in [6, 6.07) is 4.68. The number of unbranched alkanes of at least 4 members (excludes halogenated alkanes) is 8. The van der Waals surface area contributed by atoms with Gasteiger partial charge in [-0.05, 0) is 47.9 Å². The van der Waals surface area contributed by atoms with Gasteiger partial charge in [-0.3, -0.25) is 0 Å². The molecule has 2 heteroatoms. The van der Waals surface area contributed by atoms with Gasteiger partial charge in [-0.15, -0.1) is 23.2 Å². The molecule has 24 heavy (non-hydrogen) atoms. The van der Waals surface area contributed by atoms with E-state index < -0.39 is 0 Å². The van der Waals surface area contributed by atoms with E-state index in [1.807, 2.05) is 0 Å². The Morgan fingerprint density at radius 1 is 0.542 bits per heavy atom. The molecule has 0 atom stereocenters. The van der Waals surface area contributed by atoms with Gasteiger partial charge < -0.3 is 0 Å². The minimum absolute atomic E-state index is 0.621. The standard InChI is InChI=1S/C22H36Cl2/c1-3-5-7-9-11-13-19-15-22(18-24)20(16-21(19)17-23)14-12-10-8-6-4-2/h15-16H,3-14,17-18H2,1-2H3. The van der Waals surface area contributed by atoms with Gasteiger partial charge in [-0.1, -0.05) is 77.3 Å². The van der Waals surface area contributed by atoms with Gasteiger partial charge in [0.1, 0.15) is 0 Å². The van der Waals surface area contributed by atoms with Crippen molar-refractivity contribution in [1.29, 1.82) is 0 Å². The Balaban J connectivity index is 2.63. The van der Waals surface area contributed by atoms with Gasteiger partial charge in [-0.2, -0.15) is 0 Å². The highest BCUT2D eigenvalue weighted by atomic mass is 35.5. The Kier molecular flexibility index (Phi) is 12.8. The van der Waals surface area contributed by atoms with Crippen molar-refractivity contribution in [2.75, 3.05) is 0 Å². The van der Waals surface area contributed by atoms with E-state index in [-0.39, 0.29) is 0 Å². The molecule has 0 unspecified atom stereocenters. The van der Waals surface area contributed by atoms with Crippen molar-refractivity contribution in [1.82, 2.24) is 0 Å². The van der Waals surface area contributed by atoms with Gasteiger partial charge in [0.2, 0.25) is 0 Å². The Morgan fingerprint density at radius 3 is 1.25 bits per heavy atom. The second-order valence-electron chi connectivity index (χ2n) is 6.99. The summed E-state index contributed by atoms with van der Waals surface area (Å²) in [6.45, 7) is 4.53. The lowest BCUT2D eigenvalue weighted by Crippen LogP contribution is -2.00. The lowest BCUT2D eigenvalue weighted by atomic mass is 9.93. The zero-order chi connectivity index (χ0) is 17.6. The predicted octanol–water partition coefficient (Wildman–Crippen LogP) is 8.19. The van der Waals surface area contributed by atoms with Crippen LogP contribution in [0.4, 0.5) is 0 Å². The molecule has 138 valence electrons. The SMILES string of the molecule is CCCCCCCc1cc(CCl)c(CCCCCCC)cc1CCl. The average molecular weight is 371 g/mol. The van der Waals surface area contributed by atoms with Crippen LogP contribution in [0.15, 0.2) is 12.1 Å². The zero-order valence-corrected chi connectivity index (χ0v) is 17.3. The highest BCUT2D eigenvalue weighted by Crippen LogP contribution is 2.24. The van der Waals surface area contributed by atoms with Crippen molar-refractivity contribution in [3.05, 3.63) is 34.4 Å². The van der Waals surface area contributed by atoms with Crippen molar-refractivity contribution in [2.45, 2.75) is 103 Å². The highest BCUT2D eigenvalue weighted by Gasteiger charge is 2.09. The van der Waals surface area contributed by atoms with Gasteiger partial charge in [0.15, 0.2) is 0 Å². The number of benzene rings is 1. The molecule has 1 rings (SSSR count). The molecule has 0 heterocycles. The first-order valence-corrected chi connectivity index (χ1v) is 11.1. The maximum Gasteiger partial charge on any atom is 0.0476 e. The number of halogens is 2. The molecule has 0 aliphatic carbocycles. The van der Waals surface area contributed by atoms with Crippen LogP contribution in [0.2, 0.25) is 0 Å². The minimum atomic E-state index is 0.621. The van der Waals surface area contributed by atoms with Crippen molar-refractivity contribution in [3.8, 4) is 0 Å². The third-order valence-electron chi connectivity index (χ3n) is 4.91. The molecule has 0 spiro atoms. The molecule has 0 aliphatic heterocycles. The molecule has 0 N–H and O–H groups in total. The second-order valence-corrected chi connectivity index (χ2v) is 7.52. The Hall–Kier alpha value is -0.200. The Bertz CT molecular complexity index is 398. The maximum atomic E-state index is 6.23. The molecule has 1 aromatic rings. The largest absolute Gasteiger partial charge is 0.122 e. The molecule has 0 radical (unpaired) electrons. The summed E-state index contributed by atoms with van der Waals surface area (Å²) in [6.07, 6.45) is 15.5. The fourth-order valence-electron chi connectivity index (χ4n) is 3.34. The fourth-order valence-corrected chi connectivity index (χ4v) is 3.84. The third-order valence-corrected chi connectivity index (χ3v) is 5.48. The van der Waals surface area contributed by atoms with E-state index in [0.717, 1.165) is 12.8 Å². The fraction of sp³-hybridized carbons (Fsp3) is 0.727. The number of hydrogen-bond donors (Lipinski definition) is 0. The van der Waals surface area contributed by atoms with Crippen molar-refractivity contribution in [2.24, 2.45) is 0 Å². The minimum Gasteiger partial charge on any atom is -0.122 e. The molecule has 0 aliphatic rings. The van der Waals surface area contributed by atoms with Crippen LogP contribution in [0, 0.1) is 0 Å². The lowest BCUT2D eigenvalue weighted by molar-refractivity contribution is 0.628. The Morgan fingerprint density at radius 2 is 0.917 bits per heavy atom. The third kappa shape index (κ3) is 8.26. The summed E-state index contributed by atoms with van der Waals surface area (Å²) in [5.41, 5.74) is 5.49. The summed E-state index contributed by atoms with van der Waals surface area (Å²) < 4.78 is 0. The topological polar surface area (TPSA) is 0 Å². The molecular weight excluding hydrogens is 335 g/mol. The van der Waals surface area contributed by atoms with E-state index in [0.29, 0.717) is 11.8 Å². The van der Waals surface area contributed by atoms with E-state index in [1.165, 1.54) is 86.5 Å². The first-order valence-electron chi connectivity index (χ1n) is 10.0. The number of hydrogen-bond acceptors (Lipinski definition) is 0. The summed E-state index contributed by atoms with van der Waals surface area (Å²) in [7, 11) is 0. The number of rotatable bonds is 14. The highest BCUT2D eigenvalue weighted by molar-refractivity contribution is 6.17. The van der Waals surface area contributed by atoms with Crippen LogP contribution in [-0.4, -0.2) is 0 Å². The average Bonchev–Trinajstić information content (AvgIpc) is 2.61. The number of aryl methyl sites for hydroxylation is 2. The summed E-state index contributed by atoms with van der Waals surface area (Å²) in [4.78, 5) is 0. The van der Waals surface area contributed by atoms with E-state index in [4.69, 9.17) is 23.2 Å². The summed E-state index contributed by atoms with van der Waals surface area (Å²) in [5, 5.41) is 0. The van der Waals surface area contributed by atoms with E-state index in [9.17, 15) is 0 Å². The first-order chi connectivity index (χ1) is 11.8. The molecule has 1 aromatic carbocycles. The molecule has 0 saturated carbocycles. The van der Waals surface area contributed by atoms with Gasteiger partial charge in [0.25, 0.3) is 0 Å². The number of alkyl halides is 2. The molecule has 0 fully saturated rings. The molecular formula is C22H36Cl2. The normalized spacial score (nSPS) is 11.2. The van der Waals surface area contributed by atoms with Crippen molar-refractivity contribution >= 4 is 23.2 Å². The quantitative estimate of drug-likeness (QED) is 0.228. The van der Waals surface area contributed by atoms with Gasteiger partial charge >= 0.3 is 0 Å². The maximum absolute atomic E-state index is 6.23. The van der Waals surface area contributed by atoms with Crippen molar-refractivity contribution in [3.63, 3.8) is 0 Å². The van der Waals surface area contributed by atoms with E-state index >= 15 is 0 Å². The van der Waals surface area contributed by atoms with E-state index in [2.05, 4.69) is 26.0 Å². The monoisotopic (exact) mass is 370 g/mol. The first kappa shape index (κ1) is 21.8. The van der Waals surface area contributed by atoms with Crippen LogP contribution in [-0.2, 0) is 24.6 Å². The van der Waals surface area contributed by atoms with Gasteiger partial charge in [-0.25, -0.2) is 0 Å². The van der Waals surface area contributed by atoms with Crippen LogP contribution < -0.4 is 0 Å². The molecule has 0 saturated heterocycles. The van der Waals surface area contributed by atoms with Crippen LogP contribution in [0.5, 0.6) is 0 Å². The molecule has 0 bridgehead atoms. The summed E-state index contributed by atoms with van der Waals surface area (Å²) >= 11 is 12.5. The van der Waals surface area contributed by atoms with Crippen LogP contribution in [0.3, 0.4) is 0 Å². The molecule has 0 amide bonds. The summed E-state index contributed by atoms with van der Waals surface area (Å²) in [5.74, 6) is 1.24.